The third-order valence-corrected chi connectivity index (χ3v) is 6.80. The van der Waals surface area contributed by atoms with E-state index in [1.54, 1.807) is 0 Å². The molecule has 0 spiro atoms. The second-order valence-electron chi connectivity index (χ2n) is 7.29. The minimum absolute atomic E-state index is 0.129. The summed E-state index contributed by atoms with van der Waals surface area (Å²) in [6.07, 6.45) is 2.99. The topological polar surface area (TPSA) is 85.6 Å². The Morgan fingerprint density at radius 1 is 1.00 bits per heavy atom. The van der Waals surface area contributed by atoms with Crippen molar-refractivity contribution in [3.8, 4) is 5.69 Å². The van der Waals surface area contributed by atoms with Crippen LogP contribution in [0.2, 0.25) is 0 Å². The molecule has 2 aromatic heterocycles. The summed E-state index contributed by atoms with van der Waals surface area (Å²) < 4.78 is 2.01. The summed E-state index contributed by atoms with van der Waals surface area (Å²) in [7, 11) is 0. The number of para-hydroxylation sites is 1. The van der Waals surface area contributed by atoms with E-state index in [9.17, 15) is 4.79 Å². The molecule has 0 radical (unpaired) electrons. The Morgan fingerprint density at radius 3 is 2.48 bits per heavy atom. The fourth-order valence-corrected chi connectivity index (χ4v) is 4.89. The number of thioether (sulfide) groups is 1. The third-order valence-electron chi connectivity index (χ3n) is 4.87. The highest BCUT2D eigenvalue weighted by molar-refractivity contribution is 7.99. The van der Waals surface area contributed by atoms with Crippen molar-refractivity contribution in [2.45, 2.75) is 30.3 Å². The van der Waals surface area contributed by atoms with Crippen molar-refractivity contribution in [3.05, 3.63) is 77.1 Å². The highest BCUT2D eigenvalue weighted by Gasteiger charge is 2.27. The molecule has 156 valence electrons. The number of rotatable bonds is 8. The van der Waals surface area contributed by atoms with E-state index < -0.39 is 0 Å². The zero-order chi connectivity index (χ0) is 21.0. The van der Waals surface area contributed by atoms with Gasteiger partial charge in [-0.25, -0.2) is 0 Å². The Hall–Kier alpha value is -3.04. The van der Waals surface area contributed by atoms with Crippen LogP contribution in [0.25, 0.3) is 5.69 Å². The maximum atomic E-state index is 12.5. The zero-order valence-electron chi connectivity index (χ0n) is 16.6. The van der Waals surface area contributed by atoms with Gasteiger partial charge < -0.3 is 0 Å². The average Bonchev–Trinajstić information content (AvgIpc) is 3.42. The second kappa shape index (κ2) is 8.99. The first-order chi connectivity index (χ1) is 15.3. The number of nitrogens with zero attached hydrogens (tertiary/aromatic N) is 5. The van der Waals surface area contributed by atoms with Crippen LogP contribution in [-0.4, -0.2) is 36.6 Å². The van der Waals surface area contributed by atoms with Crippen molar-refractivity contribution in [2.24, 2.45) is 0 Å². The molecule has 7 nitrogen and oxygen atoms in total. The number of anilines is 1. The molecule has 0 unspecified atom stereocenters. The molecule has 1 N–H and O–H groups in total. The maximum Gasteiger partial charge on any atom is 0.236 e. The van der Waals surface area contributed by atoms with E-state index in [1.165, 1.54) is 35.9 Å². The molecule has 1 amide bonds. The number of carbonyl (C=O) groups is 1. The molecule has 1 fully saturated rings. The second-order valence-corrected chi connectivity index (χ2v) is 9.24. The number of hydrogen-bond acceptors (Lipinski definition) is 7. The van der Waals surface area contributed by atoms with Crippen LogP contribution in [-0.2, 0) is 11.2 Å². The quantitative estimate of drug-likeness (QED) is 0.404. The van der Waals surface area contributed by atoms with Gasteiger partial charge in [0.05, 0.1) is 5.75 Å². The van der Waals surface area contributed by atoms with Crippen LogP contribution >= 0.6 is 23.1 Å². The predicted octanol–water partition coefficient (Wildman–Crippen LogP) is 4.32. The van der Waals surface area contributed by atoms with Crippen LogP contribution in [0.5, 0.6) is 0 Å². The van der Waals surface area contributed by atoms with Crippen molar-refractivity contribution < 1.29 is 4.79 Å². The first-order valence-corrected chi connectivity index (χ1v) is 11.9. The van der Waals surface area contributed by atoms with E-state index >= 15 is 0 Å². The van der Waals surface area contributed by atoms with Gasteiger partial charge >= 0.3 is 0 Å². The van der Waals surface area contributed by atoms with Crippen molar-refractivity contribution in [1.82, 2.24) is 25.0 Å². The molecule has 0 aliphatic heterocycles. The zero-order valence-corrected chi connectivity index (χ0v) is 18.3. The van der Waals surface area contributed by atoms with Gasteiger partial charge in [-0.1, -0.05) is 71.6 Å². The highest BCUT2D eigenvalue weighted by atomic mass is 32.2. The summed E-state index contributed by atoms with van der Waals surface area (Å²) in [5.41, 5.74) is 2.13. The first kappa shape index (κ1) is 19.9. The van der Waals surface area contributed by atoms with E-state index in [0.717, 1.165) is 22.1 Å². The van der Waals surface area contributed by atoms with Gasteiger partial charge in [-0.2, -0.15) is 0 Å². The molecular formula is C22H20N6OS2. The Balaban J connectivity index is 1.31. The highest BCUT2D eigenvalue weighted by Crippen LogP contribution is 2.42. The Kier molecular flexibility index (Phi) is 5.77. The van der Waals surface area contributed by atoms with Crippen molar-refractivity contribution in [2.75, 3.05) is 11.1 Å². The van der Waals surface area contributed by atoms with Gasteiger partial charge in [0.1, 0.15) is 10.8 Å². The smallest absolute Gasteiger partial charge is 0.236 e. The SMILES string of the molecule is O=C(CSc1nnc(Cc2ccccc2)n1-c1ccccc1)Nc1nnc(C2CC2)s1. The summed E-state index contributed by atoms with van der Waals surface area (Å²) in [6.45, 7) is 0. The molecule has 1 aliphatic carbocycles. The van der Waals surface area contributed by atoms with Gasteiger partial charge in [-0.15, -0.1) is 20.4 Å². The van der Waals surface area contributed by atoms with Crippen molar-refractivity contribution >= 4 is 34.1 Å². The van der Waals surface area contributed by atoms with Crippen LogP contribution in [0.4, 0.5) is 5.13 Å². The molecule has 31 heavy (non-hydrogen) atoms. The summed E-state index contributed by atoms with van der Waals surface area (Å²) in [6, 6.07) is 20.1. The van der Waals surface area contributed by atoms with Gasteiger partial charge in [0.25, 0.3) is 0 Å². The molecule has 0 saturated heterocycles. The van der Waals surface area contributed by atoms with Gasteiger partial charge in [0.2, 0.25) is 11.0 Å². The van der Waals surface area contributed by atoms with Crippen LogP contribution in [0.3, 0.4) is 0 Å². The Labute approximate surface area is 187 Å². The maximum absolute atomic E-state index is 12.5. The monoisotopic (exact) mass is 448 g/mol. The van der Waals surface area contributed by atoms with E-state index in [-0.39, 0.29) is 11.7 Å². The average molecular weight is 449 g/mol. The van der Waals surface area contributed by atoms with E-state index in [4.69, 9.17) is 0 Å². The Morgan fingerprint density at radius 2 is 1.74 bits per heavy atom. The van der Waals surface area contributed by atoms with Crippen molar-refractivity contribution in [1.29, 1.82) is 0 Å². The number of hydrogen-bond donors (Lipinski definition) is 1. The molecule has 2 heterocycles. The van der Waals surface area contributed by atoms with Crippen LogP contribution in [0.15, 0.2) is 65.8 Å². The number of amides is 1. The lowest BCUT2D eigenvalue weighted by molar-refractivity contribution is -0.113. The van der Waals surface area contributed by atoms with Crippen LogP contribution in [0, 0.1) is 0 Å². The molecule has 9 heteroatoms. The molecule has 1 saturated carbocycles. The summed E-state index contributed by atoms with van der Waals surface area (Å²) in [4.78, 5) is 12.5. The van der Waals surface area contributed by atoms with Crippen molar-refractivity contribution in [3.63, 3.8) is 0 Å². The van der Waals surface area contributed by atoms with Gasteiger partial charge in [0, 0.05) is 18.0 Å². The molecule has 0 bridgehead atoms. The first-order valence-electron chi connectivity index (χ1n) is 10.1. The van der Waals surface area contributed by atoms with E-state index in [2.05, 4.69) is 37.8 Å². The third kappa shape index (κ3) is 4.83. The largest absolute Gasteiger partial charge is 0.300 e. The van der Waals surface area contributed by atoms with E-state index in [1.807, 2.05) is 53.1 Å². The molecular weight excluding hydrogens is 428 g/mol. The number of aromatic nitrogens is 5. The summed E-state index contributed by atoms with van der Waals surface area (Å²) >= 11 is 2.82. The molecule has 0 atom stereocenters. The lowest BCUT2D eigenvalue weighted by Gasteiger charge is -2.10. The van der Waals surface area contributed by atoms with Crippen LogP contribution in [0.1, 0.15) is 35.2 Å². The predicted molar refractivity (Wildman–Crippen MR) is 122 cm³/mol. The van der Waals surface area contributed by atoms with Gasteiger partial charge in [-0.05, 0) is 30.5 Å². The fraction of sp³-hybridized carbons (Fsp3) is 0.227. The molecule has 5 rings (SSSR count). The Bertz CT molecular complexity index is 1170. The minimum atomic E-state index is -0.129. The summed E-state index contributed by atoms with van der Waals surface area (Å²) in [5.74, 6) is 1.45. The van der Waals surface area contributed by atoms with Gasteiger partial charge in [0.15, 0.2) is 5.16 Å². The standard InChI is InChI=1S/C22H20N6OS2/c29-19(23-21-26-25-20(31-21)16-11-12-16)14-30-22-27-24-18(13-15-7-3-1-4-8-15)28(22)17-9-5-2-6-10-17/h1-10,16H,11-14H2,(H,23,26,29). The number of benzene rings is 2. The summed E-state index contributed by atoms with van der Waals surface area (Å²) in [5, 5.41) is 22.1. The molecule has 4 aromatic rings. The number of carbonyl (C=O) groups excluding carboxylic acids is 1. The molecule has 1 aliphatic rings. The minimum Gasteiger partial charge on any atom is -0.300 e. The lowest BCUT2D eigenvalue weighted by Crippen LogP contribution is -2.14. The normalized spacial score (nSPS) is 13.3. The fourth-order valence-electron chi connectivity index (χ4n) is 3.19. The van der Waals surface area contributed by atoms with E-state index in [0.29, 0.717) is 22.6 Å². The van der Waals surface area contributed by atoms with Gasteiger partial charge in [-0.3, -0.25) is 14.7 Å². The molecule has 2 aromatic carbocycles. The number of nitrogens with one attached hydrogen (secondary N) is 1. The van der Waals surface area contributed by atoms with Crippen LogP contribution < -0.4 is 5.32 Å². The lowest BCUT2D eigenvalue weighted by atomic mass is 10.1.